The van der Waals surface area contributed by atoms with E-state index in [1.165, 1.54) is 19.3 Å². The van der Waals surface area contributed by atoms with Crippen molar-refractivity contribution in [2.24, 2.45) is 23.5 Å². The molecule has 4 nitrogen and oxygen atoms in total. The molecule has 3 rings (SSSR count). The maximum atomic E-state index is 12.9. The average molecular weight is 344 g/mol. The van der Waals surface area contributed by atoms with Gasteiger partial charge >= 0.3 is 0 Å². The standard InChI is InChI=1S/C21H32N2O2/c1-21(2,13-16-7-4-5-10-18(16)25-3)23-20(24)17-11-14-8-6-9-15(12-17)19(14)22/h4-5,7,10,14-15,17,19H,6,8-9,11-13,22H2,1-3H3,(H,23,24). The number of ether oxygens (including phenoxy) is 1. The zero-order valence-corrected chi connectivity index (χ0v) is 15.8. The molecule has 2 aliphatic rings. The molecule has 0 saturated heterocycles. The van der Waals surface area contributed by atoms with Crippen molar-refractivity contribution in [2.75, 3.05) is 7.11 Å². The van der Waals surface area contributed by atoms with Crippen molar-refractivity contribution < 1.29 is 9.53 Å². The minimum absolute atomic E-state index is 0.118. The second kappa shape index (κ2) is 7.36. The molecule has 2 saturated carbocycles. The lowest BCUT2D eigenvalue weighted by molar-refractivity contribution is -0.129. The van der Waals surface area contributed by atoms with E-state index in [0.29, 0.717) is 17.9 Å². The third kappa shape index (κ3) is 4.17. The van der Waals surface area contributed by atoms with Crippen molar-refractivity contribution in [1.82, 2.24) is 5.32 Å². The van der Waals surface area contributed by atoms with Gasteiger partial charge in [0, 0.05) is 17.5 Å². The Bertz CT molecular complexity index is 600. The van der Waals surface area contributed by atoms with Crippen LogP contribution in [0.2, 0.25) is 0 Å². The Labute approximate surface area is 151 Å². The summed E-state index contributed by atoms with van der Waals surface area (Å²) in [5, 5.41) is 3.29. The minimum Gasteiger partial charge on any atom is -0.496 e. The molecule has 2 bridgehead atoms. The largest absolute Gasteiger partial charge is 0.496 e. The number of nitrogens with one attached hydrogen (secondary N) is 1. The first-order valence-corrected chi connectivity index (χ1v) is 9.59. The highest BCUT2D eigenvalue weighted by molar-refractivity contribution is 5.79. The van der Waals surface area contributed by atoms with Gasteiger partial charge in [0.2, 0.25) is 5.91 Å². The van der Waals surface area contributed by atoms with Gasteiger partial charge in [-0.25, -0.2) is 0 Å². The first kappa shape index (κ1) is 18.2. The molecular formula is C21H32N2O2. The fraction of sp³-hybridized carbons (Fsp3) is 0.667. The highest BCUT2D eigenvalue weighted by Gasteiger charge is 2.41. The molecule has 25 heavy (non-hydrogen) atoms. The summed E-state index contributed by atoms with van der Waals surface area (Å²) in [6.45, 7) is 4.18. The van der Waals surface area contributed by atoms with Crippen LogP contribution < -0.4 is 15.8 Å². The maximum absolute atomic E-state index is 12.9. The summed E-state index contributed by atoms with van der Waals surface area (Å²) in [6, 6.07) is 8.32. The molecule has 1 aromatic rings. The highest BCUT2D eigenvalue weighted by atomic mass is 16.5. The molecule has 0 radical (unpaired) electrons. The van der Waals surface area contributed by atoms with Gasteiger partial charge in [0.15, 0.2) is 0 Å². The van der Waals surface area contributed by atoms with Crippen molar-refractivity contribution in [3.63, 3.8) is 0 Å². The molecule has 2 unspecified atom stereocenters. The Morgan fingerprint density at radius 2 is 1.88 bits per heavy atom. The smallest absolute Gasteiger partial charge is 0.223 e. The first-order valence-electron chi connectivity index (χ1n) is 9.59. The van der Waals surface area contributed by atoms with Crippen LogP contribution >= 0.6 is 0 Å². The number of para-hydroxylation sites is 1. The van der Waals surface area contributed by atoms with Crippen LogP contribution in [0.25, 0.3) is 0 Å². The fourth-order valence-corrected chi connectivity index (χ4v) is 4.81. The van der Waals surface area contributed by atoms with Gasteiger partial charge in [-0.3, -0.25) is 4.79 Å². The van der Waals surface area contributed by atoms with Crippen molar-refractivity contribution in [3.8, 4) is 5.75 Å². The lowest BCUT2D eigenvalue weighted by Crippen LogP contribution is -2.52. The topological polar surface area (TPSA) is 64.3 Å². The van der Waals surface area contributed by atoms with E-state index >= 15 is 0 Å². The van der Waals surface area contributed by atoms with Crippen LogP contribution in [-0.2, 0) is 11.2 Å². The Morgan fingerprint density at radius 1 is 1.24 bits per heavy atom. The van der Waals surface area contributed by atoms with Crippen LogP contribution in [0.5, 0.6) is 5.75 Å². The number of nitrogens with two attached hydrogens (primary N) is 1. The number of carbonyl (C=O) groups is 1. The monoisotopic (exact) mass is 344 g/mol. The van der Waals surface area contributed by atoms with Crippen LogP contribution in [0.3, 0.4) is 0 Å². The molecule has 4 heteroatoms. The molecule has 1 aromatic carbocycles. The lowest BCUT2D eigenvalue weighted by atomic mass is 9.65. The number of amides is 1. The summed E-state index contributed by atoms with van der Waals surface area (Å²) < 4.78 is 5.45. The summed E-state index contributed by atoms with van der Waals surface area (Å²) >= 11 is 0. The quantitative estimate of drug-likeness (QED) is 0.861. The highest BCUT2D eigenvalue weighted by Crippen LogP contribution is 2.42. The molecule has 0 heterocycles. The Morgan fingerprint density at radius 3 is 2.52 bits per heavy atom. The van der Waals surface area contributed by atoms with E-state index in [1.807, 2.05) is 18.2 Å². The van der Waals surface area contributed by atoms with Gasteiger partial charge in [0.1, 0.15) is 5.75 Å². The lowest BCUT2D eigenvalue weighted by Gasteiger charge is -2.44. The molecule has 2 fully saturated rings. The number of rotatable bonds is 5. The third-order valence-corrected chi connectivity index (χ3v) is 6.07. The van der Waals surface area contributed by atoms with Crippen LogP contribution in [0, 0.1) is 17.8 Å². The Hall–Kier alpha value is -1.55. The molecule has 2 aliphatic carbocycles. The maximum Gasteiger partial charge on any atom is 0.223 e. The number of methoxy groups -OCH3 is 1. The molecular weight excluding hydrogens is 312 g/mol. The summed E-state index contributed by atoms with van der Waals surface area (Å²) in [5.74, 6) is 2.25. The van der Waals surface area contributed by atoms with E-state index in [2.05, 4.69) is 25.2 Å². The fourth-order valence-electron chi connectivity index (χ4n) is 4.81. The summed E-state index contributed by atoms with van der Waals surface area (Å²) in [5.41, 5.74) is 7.18. The van der Waals surface area contributed by atoms with Crippen molar-refractivity contribution in [3.05, 3.63) is 29.8 Å². The number of hydrogen-bond donors (Lipinski definition) is 2. The van der Waals surface area contributed by atoms with Crippen LogP contribution in [0.4, 0.5) is 0 Å². The van der Waals surface area contributed by atoms with Crippen molar-refractivity contribution in [2.45, 2.75) is 64.0 Å². The van der Waals surface area contributed by atoms with E-state index in [0.717, 1.165) is 30.6 Å². The zero-order chi connectivity index (χ0) is 18.0. The molecule has 2 atom stereocenters. The van der Waals surface area contributed by atoms with E-state index < -0.39 is 0 Å². The van der Waals surface area contributed by atoms with Gasteiger partial charge in [0.05, 0.1) is 7.11 Å². The van der Waals surface area contributed by atoms with Crippen LogP contribution in [-0.4, -0.2) is 24.6 Å². The van der Waals surface area contributed by atoms with Gasteiger partial charge in [0.25, 0.3) is 0 Å². The molecule has 1 amide bonds. The first-order chi connectivity index (χ1) is 11.9. The number of benzene rings is 1. The third-order valence-electron chi connectivity index (χ3n) is 6.07. The predicted molar refractivity (Wildman–Crippen MR) is 100 cm³/mol. The van der Waals surface area contributed by atoms with Gasteiger partial charge in [-0.2, -0.15) is 0 Å². The average Bonchev–Trinajstić information content (AvgIpc) is 2.54. The van der Waals surface area contributed by atoms with Crippen LogP contribution in [0.1, 0.15) is 51.5 Å². The summed E-state index contributed by atoms with van der Waals surface area (Å²) in [7, 11) is 1.69. The van der Waals surface area contributed by atoms with E-state index in [1.54, 1.807) is 7.11 Å². The van der Waals surface area contributed by atoms with E-state index in [-0.39, 0.29) is 17.4 Å². The van der Waals surface area contributed by atoms with Gasteiger partial charge < -0.3 is 15.8 Å². The molecule has 138 valence electrons. The second-order valence-electron chi connectivity index (χ2n) is 8.56. The van der Waals surface area contributed by atoms with Crippen molar-refractivity contribution >= 4 is 5.91 Å². The Balaban J connectivity index is 1.63. The van der Waals surface area contributed by atoms with Gasteiger partial charge in [-0.15, -0.1) is 0 Å². The van der Waals surface area contributed by atoms with Crippen molar-refractivity contribution in [1.29, 1.82) is 0 Å². The SMILES string of the molecule is COc1ccccc1CC(C)(C)NC(=O)C1CC2CCCC(C1)C2N. The van der Waals surface area contributed by atoms with Gasteiger partial charge in [-0.05, 0) is 69.4 Å². The minimum atomic E-state index is -0.305. The van der Waals surface area contributed by atoms with E-state index in [9.17, 15) is 4.79 Å². The summed E-state index contributed by atoms with van der Waals surface area (Å²) in [4.78, 5) is 12.9. The molecule has 3 N–H and O–H groups in total. The zero-order valence-electron chi connectivity index (χ0n) is 15.8. The number of carbonyl (C=O) groups excluding carboxylic acids is 1. The molecule has 0 aromatic heterocycles. The van der Waals surface area contributed by atoms with Crippen LogP contribution in [0.15, 0.2) is 24.3 Å². The Kier molecular flexibility index (Phi) is 5.38. The second-order valence-corrected chi connectivity index (χ2v) is 8.56. The predicted octanol–water partition coefficient (Wildman–Crippen LogP) is 3.29. The molecule has 0 aliphatic heterocycles. The summed E-state index contributed by atoms with van der Waals surface area (Å²) in [6.07, 6.45) is 6.30. The number of hydrogen-bond acceptors (Lipinski definition) is 3. The molecule has 0 spiro atoms. The number of fused-ring (bicyclic) bond motifs is 2. The normalized spacial score (nSPS) is 29.1. The van der Waals surface area contributed by atoms with E-state index in [4.69, 9.17) is 10.5 Å². The van der Waals surface area contributed by atoms with Gasteiger partial charge in [-0.1, -0.05) is 24.6 Å².